The van der Waals surface area contributed by atoms with Crippen LogP contribution in [0.5, 0.6) is 0 Å². The maximum absolute atomic E-state index is 10.3. The average molecular weight is 203 g/mol. The van der Waals surface area contributed by atoms with E-state index in [0.29, 0.717) is 12.5 Å². The topological polar surface area (TPSA) is 35.5 Å². The third kappa shape index (κ3) is 1.50. The van der Waals surface area contributed by atoms with Crippen molar-refractivity contribution in [3.8, 4) is 0 Å². The Bertz CT molecular complexity index is 107. The normalized spacial score (nSPS) is 38.1. The van der Waals surface area contributed by atoms with Crippen molar-refractivity contribution in [2.75, 3.05) is 12.5 Å². The zero-order valence-corrected chi connectivity index (χ0v) is 6.47. The summed E-state index contributed by atoms with van der Waals surface area (Å²) in [6.45, 7) is 0.387. The molecule has 0 aromatic carbocycles. The molecule has 5 heteroatoms. The number of hydrogen-bond acceptors (Lipinski definition) is 3. The van der Waals surface area contributed by atoms with E-state index < -0.39 is 14.5 Å². The van der Waals surface area contributed by atoms with Crippen LogP contribution in [0.25, 0.3) is 0 Å². The van der Waals surface area contributed by atoms with Crippen molar-refractivity contribution in [3.05, 3.63) is 0 Å². The molecule has 1 heterocycles. The molecular formula is C3H5ClO3Se. The van der Waals surface area contributed by atoms with Crippen LogP contribution < -0.4 is 0 Å². The van der Waals surface area contributed by atoms with Gasteiger partial charge < -0.3 is 0 Å². The van der Waals surface area contributed by atoms with E-state index in [4.69, 9.17) is 15.4 Å². The van der Waals surface area contributed by atoms with E-state index >= 15 is 0 Å². The molecule has 2 atom stereocenters. The molecule has 3 nitrogen and oxygen atoms in total. The van der Waals surface area contributed by atoms with Gasteiger partial charge in [0.15, 0.2) is 0 Å². The van der Waals surface area contributed by atoms with Crippen LogP contribution in [0.4, 0.5) is 0 Å². The van der Waals surface area contributed by atoms with E-state index in [0.717, 1.165) is 0 Å². The molecule has 0 aliphatic carbocycles. The van der Waals surface area contributed by atoms with Crippen molar-refractivity contribution in [2.45, 2.75) is 6.10 Å². The fourth-order valence-corrected chi connectivity index (χ4v) is 2.08. The van der Waals surface area contributed by atoms with Gasteiger partial charge in [-0.25, -0.2) is 0 Å². The van der Waals surface area contributed by atoms with Crippen molar-refractivity contribution >= 4 is 26.1 Å². The van der Waals surface area contributed by atoms with Crippen LogP contribution in [0.1, 0.15) is 0 Å². The van der Waals surface area contributed by atoms with Crippen molar-refractivity contribution in [1.82, 2.24) is 0 Å². The molecule has 0 amide bonds. The molecule has 0 radical (unpaired) electrons. The summed E-state index contributed by atoms with van der Waals surface area (Å²) in [5.41, 5.74) is 0. The first kappa shape index (κ1) is 6.65. The monoisotopic (exact) mass is 204 g/mol. The molecule has 8 heavy (non-hydrogen) atoms. The number of alkyl halides is 1. The van der Waals surface area contributed by atoms with Gasteiger partial charge in [-0.1, -0.05) is 0 Å². The summed E-state index contributed by atoms with van der Waals surface area (Å²) in [5, 5.41) is 0. The van der Waals surface area contributed by atoms with Crippen LogP contribution >= 0.6 is 11.6 Å². The third-order valence-corrected chi connectivity index (χ3v) is 2.67. The molecule has 0 saturated carbocycles. The third-order valence-electron chi connectivity index (χ3n) is 0.737. The summed E-state index contributed by atoms with van der Waals surface area (Å²) in [5.74, 6) is 0.363. The number of halogens is 1. The Morgan fingerprint density at radius 3 is 2.88 bits per heavy atom. The van der Waals surface area contributed by atoms with Crippen LogP contribution in [0.15, 0.2) is 0 Å². The summed E-state index contributed by atoms with van der Waals surface area (Å²) in [7, 11) is 0. The van der Waals surface area contributed by atoms with Crippen molar-refractivity contribution in [1.29, 1.82) is 0 Å². The fraction of sp³-hybridized carbons (Fsp3) is 1.00. The Hall–Kier alpha value is 0.529. The van der Waals surface area contributed by atoms with Crippen LogP contribution in [0.2, 0.25) is 0 Å². The van der Waals surface area contributed by atoms with Gasteiger partial charge in [-0.2, -0.15) is 0 Å². The maximum atomic E-state index is 10.3. The van der Waals surface area contributed by atoms with Gasteiger partial charge in [-0.3, -0.25) is 0 Å². The summed E-state index contributed by atoms with van der Waals surface area (Å²) < 4.78 is 19.7. The first-order valence-corrected chi connectivity index (χ1v) is 4.74. The summed E-state index contributed by atoms with van der Waals surface area (Å²) in [4.78, 5) is 0. The minimum absolute atomic E-state index is 0.140. The molecule has 1 rings (SSSR count). The molecule has 48 valence electrons. The van der Waals surface area contributed by atoms with Crippen LogP contribution in [-0.4, -0.2) is 33.1 Å². The van der Waals surface area contributed by atoms with Crippen LogP contribution in [0, 0.1) is 0 Å². The van der Waals surface area contributed by atoms with Gasteiger partial charge in [-0.05, 0) is 0 Å². The molecule has 1 aliphatic heterocycles. The Balaban J connectivity index is 2.32. The van der Waals surface area contributed by atoms with Crippen molar-refractivity contribution < 1.29 is 11.5 Å². The molecule has 1 aliphatic rings. The standard InChI is InChI=1S/C3H5ClO3Se/c4-1-3-2-6-8(5)7-3/h3H,1-2H2. The first-order chi connectivity index (χ1) is 3.83. The quantitative estimate of drug-likeness (QED) is 0.446. The molecule has 1 saturated heterocycles. The second-order valence-corrected chi connectivity index (χ2v) is 3.42. The second kappa shape index (κ2) is 2.90. The molecule has 0 bridgehead atoms. The van der Waals surface area contributed by atoms with E-state index in [1.54, 1.807) is 0 Å². The van der Waals surface area contributed by atoms with E-state index in [1.165, 1.54) is 0 Å². The van der Waals surface area contributed by atoms with Gasteiger partial charge in [0.2, 0.25) is 0 Å². The van der Waals surface area contributed by atoms with Gasteiger partial charge in [-0.15, -0.1) is 0 Å². The summed E-state index contributed by atoms with van der Waals surface area (Å²) >= 11 is 3.01. The van der Waals surface area contributed by atoms with Crippen molar-refractivity contribution in [3.63, 3.8) is 0 Å². The van der Waals surface area contributed by atoms with Gasteiger partial charge >= 0.3 is 56.2 Å². The zero-order valence-electron chi connectivity index (χ0n) is 4.00. The molecule has 2 unspecified atom stereocenters. The van der Waals surface area contributed by atoms with Crippen LogP contribution in [0.3, 0.4) is 0 Å². The SMILES string of the molecule is O=[Se]1OCC(CCl)O1. The predicted octanol–water partition coefficient (Wildman–Crippen LogP) is 0.0560. The molecule has 0 spiro atoms. The first-order valence-electron chi connectivity index (χ1n) is 2.11. The molecule has 0 N–H and O–H groups in total. The number of hydrogen-bond donors (Lipinski definition) is 0. The van der Waals surface area contributed by atoms with Gasteiger partial charge in [0.1, 0.15) is 0 Å². The van der Waals surface area contributed by atoms with Crippen LogP contribution in [-0.2, 0) is 11.5 Å². The van der Waals surface area contributed by atoms with Gasteiger partial charge in [0, 0.05) is 0 Å². The Morgan fingerprint density at radius 2 is 2.62 bits per heavy atom. The number of rotatable bonds is 1. The Morgan fingerprint density at radius 1 is 1.88 bits per heavy atom. The average Bonchev–Trinajstić information content (AvgIpc) is 2.14. The Labute approximate surface area is 56.6 Å². The second-order valence-electron chi connectivity index (χ2n) is 1.36. The summed E-state index contributed by atoms with van der Waals surface area (Å²) in [6.07, 6.45) is -0.140. The minimum atomic E-state index is -2.34. The van der Waals surface area contributed by atoms with E-state index in [2.05, 4.69) is 3.82 Å². The van der Waals surface area contributed by atoms with E-state index in [1.807, 2.05) is 0 Å². The Kier molecular flexibility index (Phi) is 2.41. The van der Waals surface area contributed by atoms with Gasteiger partial charge in [0.25, 0.3) is 0 Å². The molecular weight excluding hydrogens is 198 g/mol. The van der Waals surface area contributed by atoms with Gasteiger partial charge in [0.05, 0.1) is 0 Å². The zero-order chi connectivity index (χ0) is 5.98. The molecule has 0 aromatic heterocycles. The molecule has 0 aromatic rings. The predicted molar refractivity (Wildman–Crippen MR) is 28.0 cm³/mol. The summed E-state index contributed by atoms with van der Waals surface area (Å²) in [6, 6.07) is 0. The molecule has 1 fully saturated rings. The van der Waals surface area contributed by atoms with Crippen molar-refractivity contribution in [2.24, 2.45) is 0 Å². The van der Waals surface area contributed by atoms with E-state index in [9.17, 15) is 3.83 Å². The van der Waals surface area contributed by atoms with E-state index in [-0.39, 0.29) is 6.10 Å². The fourth-order valence-electron chi connectivity index (χ4n) is 0.368.